The lowest BCUT2D eigenvalue weighted by molar-refractivity contribution is 0.305. The molecule has 0 unspecified atom stereocenters. The second-order valence-electron chi connectivity index (χ2n) is 4.36. The van der Waals surface area contributed by atoms with E-state index in [1.165, 1.54) is 21.6 Å². The average molecular weight is 258 g/mol. The first-order chi connectivity index (χ1) is 8.70. The lowest BCUT2D eigenvalue weighted by Crippen LogP contribution is -1.96. The molecule has 2 heteroatoms. The van der Waals surface area contributed by atoms with Crippen LogP contribution in [0, 0.1) is 13.8 Å². The third kappa shape index (κ3) is 3.08. The van der Waals surface area contributed by atoms with Gasteiger partial charge < -0.3 is 4.74 Å². The van der Waals surface area contributed by atoms with E-state index in [0.717, 1.165) is 5.75 Å². The summed E-state index contributed by atoms with van der Waals surface area (Å²) in [6.45, 7) is 4.89. The molecule has 0 aromatic heterocycles. The Morgan fingerprint density at radius 1 is 1.00 bits per heavy atom. The van der Waals surface area contributed by atoms with Crippen LogP contribution >= 0.6 is 11.8 Å². The molecule has 0 amide bonds. The van der Waals surface area contributed by atoms with Crippen LogP contribution in [0.5, 0.6) is 5.75 Å². The van der Waals surface area contributed by atoms with Gasteiger partial charge in [-0.1, -0.05) is 30.3 Å². The van der Waals surface area contributed by atoms with Crippen molar-refractivity contribution < 1.29 is 4.74 Å². The average Bonchev–Trinajstić information content (AvgIpc) is 2.37. The smallest absolute Gasteiger partial charge is 0.120 e. The predicted octanol–water partition coefficient (Wildman–Crippen LogP) is 4.60. The summed E-state index contributed by atoms with van der Waals surface area (Å²) < 4.78 is 5.84. The van der Waals surface area contributed by atoms with Crippen LogP contribution in [0.25, 0.3) is 0 Å². The van der Waals surface area contributed by atoms with Crippen molar-refractivity contribution >= 4 is 11.8 Å². The van der Waals surface area contributed by atoms with Gasteiger partial charge in [0, 0.05) is 4.90 Å². The van der Waals surface area contributed by atoms with Crippen molar-refractivity contribution in [3.63, 3.8) is 0 Å². The normalized spacial score (nSPS) is 10.4. The van der Waals surface area contributed by atoms with Crippen molar-refractivity contribution in [2.75, 3.05) is 6.26 Å². The Hall–Kier alpha value is -1.41. The third-order valence-electron chi connectivity index (χ3n) is 2.89. The number of thioether (sulfide) groups is 1. The Morgan fingerprint density at radius 3 is 2.17 bits per heavy atom. The van der Waals surface area contributed by atoms with E-state index in [-0.39, 0.29) is 0 Å². The highest BCUT2D eigenvalue weighted by atomic mass is 32.2. The van der Waals surface area contributed by atoms with Crippen molar-refractivity contribution in [3.8, 4) is 5.75 Å². The molecular weight excluding hydrogens is 240 g/mol. The summed E-state index contributed by atoms with van der Waals surface area (Å²) in [5.41, 5.74) is 3.76. The summed E-state index contributed by atoms with van der Waals surface area (Å²) in [6, 6.07) is 14.5. The minimum Gasteiger partial charge on any atom is -0.489 e. The Labute approximate surface area is 113 Å². The molecule has 1 nitrogen and oxygen atoms in total. The summed E-state index contributed by atoms with van der Waals surface area (Å²) in [5.74, 6) is 0.951. The van der Waals surface area contributed by atoms with Gasteiger partial charge in [-0.05, 0) is 48.9 Å². The maximum Gasteiger partial charge on any atom is 0.120 e. The van der Waals surface area contributed by atoms with Gasteiger partial charge in [0.25, 0.3) is 0 Å². The van der Waals surface area contributed by atoms with Crippen molar-refractivity contribution in [3.05, 3.63) is 59.2 Å². The number of hydrogen-bond donors (Lipinski definition) is 0. The number of hydrogen-bond acceptors (Lipinski definition) is 2. The van der Waals surface area contributed by atoms with Gasteiger partial charge in [-0.2, -0.15) is 0 Å². The largest absolute Gasteiger partial charge is 0.489 e. The molecule has 2 aromatic carbocycles. The molecule has 0 bridgehead atoms. The summed E-state index contributed by atoms with van der Waals surface area (Å²) in [4.78, 5) is 1.35. The fourth-order valence-corrected chi connectivity index (χ4v) is 2.82. The summed E-state index contributed by atoms with van der Waals surface area (Å²) in [5, 5.41) is 0. The number of ether oxygens (including phenoxy) is 1. The van der Waals surface area contributed by atoms with Crippen LogP contribution in [-0.4, -0.2) is 6.26 Å². The van der Waals surface area contributed by atoms with Crippen molar-refractivity contribution in [2.45, 2.75) is 25.3 Å². The van der Waals surface area contributed by atoms with E-state index in [4.69, 9.17) is 4.74 Å². The second-order valence-corrected chi connectivity index (χ2v) is 5.18. The predicted molar refractivity (Wildman–Crippen MR) is 78.5 cm³/mol. The molecule has 0 aliphatic rings. The fourth-order valence-electron chi connectivity index (χ4n) is 2.06. The van der Waals surface area contributed by atoms with Crippen molar-refractivity contribution in [1.82, 2.24) is 0 Å². The van der Waals surface area contributed by atoms with Crippen LogP contribution in [0.1, 0.15) is 16.7 Å². The molecule has 0 heterocycles. The Bertz CT molecular complexity index is 497. The van der Waals surface area contributed by atoms with Crippen LogP contribution in [0.4, 0.5) is 0 Å². The first kappa shape index (κ1) is 13.0. The fraction of sp³-hybridized carbons (Fsp3) is 0.250. The summed E-state index contributed by atoms with van der Waals surface area (Å²) >= 11 is 1.79. The Kier molecular flexibility index (Phi) is 4.32. The van der Waals surface area contributed by atoms with E-state index >= 15 is 0 Å². The van der Waals surface area contributed by atoms with Gasteiger partial charge in [-0.3, -0.25) is 0 Å². The quantitative estimate of drug-likeness (QED) is 0.741. The van der Waals surface area contributed by atoms with E-state index in [9.17, 15) is 0 Å². The van der Waals surface area contributed by atoms with Crippen LogP contribution < -0.4 is 4.74 Å². The molecule has 0 saturated carbocycles. The maximum atomic E-state index is 5.84. The van der Waals surface area contributed by atoms with Gasteiger partial charge in [0.1, 0.15) is 12.4 Å². The van der Waals surface area contributed by atoms with E-state index in [0.29, 0.717) is 6.61 Å². The SMILES string of the molecule is CSc1c(C)cc(OCc2ccccc2)cc1C. The van der Waals surface area contributed by atoms with E-state index in [1.54, 1.807) is 11.8 Å². The lowest BCUT2D eigenvalue weighted by Gasteiger charge is -2.12. The summed E-state index contributed by atoms with van der Waals surface area (Å²) in [6.07, 6.45) is 2.11. The van der Waals surface area contributed by atoms with Crippen LogP contribution in [-0.2, 0) is 6.61 Å². The number of benzene rings is 2. The van der Waals surface area contributed by atoms with Gasteiger partial charge in [-0.25, -0.2) is 0 Å². The Balaban J connectivity index is 2.11. The highest BCUT2D eigenvalue weighted by Crippen LogP contribution is 2.28. The van der Waals surface area contributed by atoms with Crippen LogP contribution in [0.2, 0.25) is 0 Å². The van der Waals surface area contributed by atoms with E-state index in [1.807, 2.05) is 18.2 Å². The molecule has 18 heavy (non-hydrogen) atoms. The molecule has 2 rings (SSSR count). The zero-order chi connectivity index (χ0) is 13.0. The minimum atomic E-state index is 0.623. The molecule has 0 radical (unpaired) electrons. The van der Waals surface area contributed by atoms with Crippen LogP contribution in [0.15, 0.2) is 47.4 Å². The molecule has 0 fully saturated rings. The van der Waals surface area contributed by atoms with E-state index in [2.05, 4.69) is 44.4 Å². The third-order valence-corrected chi connectivity index (χ3v) is 3.94. The highest BCUT2D eigenvalue weighted by molar-refractivity contribution is 7.98. The van der Waals surface area contributed by atoms with Gasteiger partial charge in [0.05, 0.1) is 0 Å². The zero-order valence-corrected chi connectivity index (χ0v) is 11.9. The highest BCUT2D eigenvalue weighted by Gasteiger charge is 2.05. The maximum absolute atomic E-state index is 5.84. The number of rotatable bonds is 4. The standard InChI is InChI=1S/C16H18OS/c1-12-9-15(10-13(2)16(12)18-3)17-11-14-7-5-4-6-8-14/h4-10H,11H2,1-3H3. The molecule has 0 saturated heterocycles. The zero-order valence-electron chi connectivity index (χ0n) is 11.1. The molecule has 2 aromatic rings. The van der Waals surface area contributed by atoms with Crippen LogP contribution in [0.3, 0.4) is 0 Å². The lowest BCUT2D eigenvalue weighted by atomic mass is 10.1. The van der Waals surface area contributed by atoms with Gasteiger partial charge >= 0.3 is 0 Å². The molecule has 0 N–H and O–H groups in total. The molecule has 0 aliphatic heterocycles. The van der Waals surface area contributed by atoms with Gasteiger partial charge in [0.15, 0.2) is 0 Å². The monoisotopic (exact) mass is 258 g/mol. The first-order valence-electron chi connectivity index (χ1n) is 6.02. The first-order valence-corrected chi connectivity index (χ1v) is 7.25. The summed E-state index contributed by atoms with van der Waals surface area (Å²) in [7, 11) is 0. The molecular formula is C16H18OS. The molecule has 0 atom stereocenters. The van der Waals surface area contributed by atoms with E-state index < -0.39 is 0 Å². The minimum absolute atomic E-state index is 0.623. The number of aryl methyl sites for hydroxylation is 2. The van der Waals surface area contributed by atoms with Crippen molar-refractivity contribution in [1.29, 1.82) is 0 Å². The molecule has 0 aliphatic carbocycles. The topological polar surface area (TPSA) is 9.23 Å². The van der Waals surface area contributed by atoms with Crippen molar-refractivity contribution in [2.24, 2.45) is 0 Å². The molecule has 0 spiro atoms. The Morgan fingerprint density at radius 2 is 1.61 bits per heavy atom. The van der Waals surface area contributed by atoms with Gasteiger partial charge in [-0.15, -0.1) is 11.8 Å². The molecule has 94 valence electrons. The van der Waals surface area contributed by atoms with Gasteiger partial charge in [0.2, 0.25) is 0 Å². The second kappa shape index (κ2) is 5.96.